The Hall–Kier alpha value is -2.57. The highest BCUT2D eigenvalue weighted by atomic mass is 16.4. The zero-order valence-electron chi connectivity index (χ0n) is 11.8. The molecule has 0 spiro atoms. The first kappa shape index (κ1) is 16.5. The molecule has 0 atom stereocenters. The van der Waals surface area contributed by atoms with Crippen LogP contribution in [0.15, 0.2) is 24.3 Å². The van der Waals surface area contributed by atoms with E-state index in [0.717, 1.165) is 23.3 Å². The van der Waals surface area contributed by atoms with Crippen LogP contribution in [0.25, 0.3) is 0 Å². The van der Waals surface area contributed by atoms with Gasteiger partial charge in [-0.25, -0.2) is 4.79 Å². The number of carboxylic acids is 1. The van der Waals surface area contributed by atoms with Crippen LogP contribution in [0, 0.1) is 0 Å². The van der Waals surface area contributed by atoms with Crippen molar-refractivity contribution in [2.75, 3.05) is 18.4 Å². The minimum Gasteiger partial charge on any atom is -0.480 e. The highest BCUT2D eigenvalue weighted by Crippen LogP contribution is 2.17. The van der Waals surface area contributed by atoms with Gasteiger partial charge in [0.25, 0.3) is 0 Å². The number of hydrogen-bond acceptors (Lipinski definition) is 3. The molecular formula is C14H19N3O4. The van der Waals surface area contributed by atoms with Crippen molar-refractivity contribution in [1.29, 1.82) is 0 Å². The summed E-state index contributed by atoms with van der Waals surface area (Å²) in [6.07, 6.45) is 1.69. The van der Waals surface area contributed by atoms with Crippen LogP contribution < -0.4 is 11.1 Å². The van der Waals surface area contributed by atoms with Gasteiger partial charge >= 0.3 is 12.0 Å². The molecule has 0 aliphatic heterocycles. The molecule has 1 aromatic rings. The van der Waals surface area contributed by atoms with Crippen LogP contribution in [0.2, 0.25) is 0 Å². The Kier molecular flexibility index (Phi) is 6.19. The highest BCUT2D eigenvalue weighted by molar-refractivity contribution is 5.94. The van der Waals surface area contributed by atoms with Gasteiger partial charge < -0.3 is 21.1 Å². The fourth-order valence-electron chi connectivity index (χ4n) is 1.87. The number of urea groups is 1. The maximum atomic E-state index is 12.1. The maximum absolute atomic E-state index is 12.1. The summed E-state index contributed by atoms with van der Waals surface area (Å²) in [6, 6.07) is 6.57. The lowest BCUT2D eigenvalue weighted by atomic mass is 10.1. The first-order chi connectivity index (χ1) is 9.93. The van der Waals surface area contributed by atoms with Crippen LogP contribution in [0.3, 0.4) is 0 Å². The summed E-state index contributed by atoms with van der Waals surface area (Å²) in [5.74, 6) is -1.98. The van der Waals surface area contributed by atoms with Crippen molar-refractivity contribution >= 4 is 23.6 Å². The number of para-hydroxylation sites is 1. The summed E-state index contributed by atoms with van der Waals surface area (Å²) in [5, 5.41) is 11.4. The summed E-state index contributed by atoms with van der Waals surface area (Å²) in [6.45, 7) is 0.973. The monoisotopic (exact) mass is 293 g/mol. The van der Waals surface area contributed by atoms with E-state index in [1.165, 1.54) is 0 Å². The van der Waals surface area contributed by atoms with Gasteiger partial charge in [-0.3, -0.25) is 9.59 Å². The van der Waals surface area contributed by atoms with Crippen molar-refractivity contribution in [2.24, 2.45) is 5.73 Å². The molecule has 114 valence electrons. The number of carbonyl (C=O) groups is 3. The second kappa shape index (κ2) is 7.88. The first-order valence-corrected chi connectivity index (χ1v) is 6.58. The highest BCUT2D eigenvalue weighted by Gasteiger charge is 2.19. The molecular weight excluding hydrogens is 274 g/mol. The summed E-state index contributed by atoms with van der Waals surface area (Å²) in [4.78, 5) is 34.6. The predicted molar refractivity (Wildman–Crippen MR) is 77.9 cm³/mol. The van der Waals surface area contributed by atoms with E-state index in [1.807, 2.05) is 19.1 Å². The Labute approximate surface area is 122 Å². The molecule has 7 heteroatoms. The van der Waals surface area contributed by atoms with E-state index in [9.17, 15) is 14.4 Å². The standard InChI is InChI=1S/C14H19N3O4/c1-2-5-10-6-3-4-7-11(10)16-14(21)17(8-12(15)18)9-13(19)20/h3-4,6-7H,2,5,8-9H2,1H3,(H2,15,18)(H,16,21)(H,19,20). The van der Waals surface area contributed by atoms with Gasteiger partial charge in [-0.05, 0) is 18.1 Å². The Morgan fingerprint density at radius 3 is 2.48 bits per heavy atom. The molecule has 0 bridgehead atoms. The van der Waals surface area contributed by atoms with Crippen molar-refractivity contribution in [2.45, 2.75) is 19.8 Å². The summed E-state index contributed by atoms with van der Waals surface area (Å²) in [5.41, 5.74) is 6.57. The number of nitrogens with two attached hydrogens (primary N) is 1. The third-order valence-electron chi connectivity index (χ3n) is 2.74. The van der Waals surface area contributed by atoms with Gasteiger partial charge in [0.2, 0.25) is 5.91 Å². The maximum Gasteiger partial charge on any atom is 0.323 e. The molecule has 0 heterocycles. The number of carboxylic acid groups (broad SMARTS) is 1. The normalized spacial score (nSPS) is 9.95. The number of aliphatic carboxylic acids is 1. The number of nitrogens with zero attached hydrogens (tertiary/aromatic N) is 1. The number of amides is 3. The van der Waals surface area contributed by atoms with Crippen LogP contribution in [-0.4, -0.2) is 41.0 Å². The zero-order valence-corrected chi connectivity index (χ0v) is 11.8. The molecule has 7 nitrogen and oxygen atoms in total. The van der Waals surface area contributed by atoms with Gasteiger partial charge in [-0.15, -0.1) is 0 Å². The van der Waals surface area contributed by atoms with Crippen molar-refractivity contribution in [3.05, 3.63) is 29.8 Å². The third kappa shape index (κ3) is 5.52. The molecule has 0 saturated heterocycles. The molecule has 0 aliphatic rings. The van der Waals surface area contributed by atoms with Gasteiger partial charge in [-0.1, -0.05) is 31.5 Å². The van der Waals surface area contributed by atoms with Crippen LogP contribution >= 0.6 is 0 Å². The lowest BCUT2D eigenvalue weighted by molar-refractivity contribution is -0.137. The molecule has 21 heavy (non-hydrogen) atoms. The van der Waals surface area contributed by atoms with Crippen LogP contribution in [0.5, 0.6) is 0 Å². The van der Waals surface area contributed by atoms with E-state index in [1.54, 1.807) is 12.1 Å². The average molecular weight is 293 g/mol. The molecule has 0 aromatic heterocycles. The predicted octanol–water partition coefficient (Wildman–Crippen LogP) is 1.04. The number of carbonyl (C=O) groups excluding carboxylic acids is 2. The molecule has 0 aliphatic carbocycles. The van der Waals surface area contributed by atoms with Crippen molar-refractivity contribution in [1.82, 2.24) is 4.90 Å². The van der Waals surface area contributed by atoms with Crippen LogP contribution in [-0.2, 0) is 16.0 Å². The summed E-state index contributed by atoms with van der Waals surface area (Å²) < 4.78 is 0. The molecule has 3 amide bonds. The van der Waals surface area contributed by atoms with Gasteiger partial charge in [0.1, 0.15) is 13.1 Å². The summed E-state index contributed by atoms with van der Waals surface area (Å²) in [7, 11) is 0. The van der Waals surface area contributed by atoms with Gasteiger partial charge in [-0.2, -0.15) is 0 Å². The fraction of sp³-hybridized carbons (Fsp3) is 0.357. The van der Waals surface area contributed by atoms with E-state index in [4.69, 9.17) is 10.8 Å². The number of nitrogens with one attached hydrogen (secondary N) is 1. The Balaban J connectivity index is 2.85. The second-order valence-electron chi connectivity index (χ2n) is 4.55. The topological polar surface area (TPSA) is 113 Å². The number of anilines is 1. The van der Waals surface area contributed by atoms with Crippen molar-refractivity contribution in [3.8, 4) is 0 Å². The first-order valence-electron chi connectivity index (χ1n) is 6.58. The van der Waals surface area contributed by atoms with E-state index in [-0.39, 0.29) is 0 Å². The molecule has 0 saturated carbocycles. The quantitative estimate of drug-likeness (QED) is 0.697. The number of rotatable bonds is 7. The number of hydrogen-bond donors (Lipinski definition) is 3. The molecule has 1 rings (SSSR count). The van der Waals surface area contributed by atoms with Gasteiger partial charge in [0.15, 0.2) is 0 Å². The minimum absolute atomic E-state index is 0.450. The minimum atomic E-state index is -1.21. The lowest BCUT2D eigenvalue weighted by Gasteiger charge is -2.20. The SMILES string of the molecule is CCCc1ccccc1NC(=O)N(CC(N)=O)CC(=O)O. The van der Waals surface area contributed by atoms with Crippen molar-refractivity contribution < 1.29 is 19.5 Å². The lowest BCUT2D eigenvalue weighted by Crippen LogP contribution is -2.43. The number of primary amides is 1. The van der Waals surface area contributed by atoms with Crippen LogP contribution in [0.1, 0.15) is 18.9 Å². The average Bonchev–Trinajstić information content (AvgIpc) is 2.39. The van der Waals surface area contributed by atoms with E-state index in [2.05, 4.69) is 5.32 Å². The number of benzene rings is 1. The van der Waals surface area contributed by atoms with Gasteiger partial charge in [0.05, 0.1) is 0 Å². The largest absolute Gasteiger partial charge is 0.480 e. The van der Waals surface area contributed by atoms with E-state index < -0.39 is 31.0 Å². The molecule has 0 radical (unpaired) electrons. The molecule has 1 aromatic carbocycles. The molecule has 4 N–H and O–H groups in total. The second-order valence-corrected chi connectivity index (χ2v) is 4.55. The fourth-order valence-corrected chi connectivity index (χ4v) is 1.87. The van der Waals surface area contributed by atoms with Gasteiger partial charge in [0, 0.05) is 5.69 Å². The van der Waals surface area contributed by atoms with E-state index >= 15 is 0 Å². The third-order valence-corrected chi connectivity index (χ3v) is 2.74. The Morgan fingerprint density at radius 1 is 1.24 bits per heavy atom. The smallest absolute Gasteiger partial charge is 0.323 e. The Morgan fingerprint density at radius 2 is 1.90 bits per heavy atom. The zero-order chi connectivity index (χ0) is 15.8. The van der Waals surface area contributed by atoms with Crippen molar-refractivity contribution in [3.63, 3.8) is 0 Å². The number of aryl methyl sites for hydroxylation is 1. The molecule has 0 fully saturated rings. The van der Waals surface area contributed by atoms with Crippen LogP contribution in [0.4, 0.5) is 10.5 Å². The summed E-state index contributed by atoms with van der Waals surface area (Å²) >= 11 is 0. The van der Waals surface area contributed by atoms with E-state index in [0.29, 0.717) is 5.69 Å². The molecule has 0 unspecified atom stereocenters. The Bertz CT molecular complexity index is 515.